The zero-order valence-electron chi connectivity index (χ0n) is 18.5. The quantitative estimate of drug-likeness (QED) is 0.376. The molecule has 8 heteroatoms. The van der Waals surface area contributed by atoms with Gasteiger partial charge >= 0.3 is 6.18 Å². The number of aryl methyl sites for hydroxylation is 1. The molecular formula is C25H24F4N2O2. The third-order valence-electron chi connectivity index (χ3n) is 6.08. The first-order valence-corrected chi connectivity index (χ1v) is 10.6. The number of halogens is 4. The van der Waals surface area contributed by atoms with Crippen molar-refractivity contribution in [3.63, 3.8) is 0 Å². The average molecular weight is 460 g/mol. The lowest BCUT2D eigenvalue weighted by Gasteiger charge is -2.36. The van der Waals surface area contributed by atoms with E-state index >= 15 is 0 Å². The smallest absolute Gasteiger partial charge is 0.422 e. The molecule has 1 N–H and O–H groups in total. The molecule has 1 atom stereocenters. The predicted octanol–water partition coefficient (Wildman–Crippen LogP) is 5.98. The summed E-state index contributed by atoms with van der Waals surface area (Å²) in [6.45, 7) is 5.19. The van der Waals surface area contributed by atoms with E-state index in [4.69, 9.17) is 4.74 Å². The highest BCUT2D eigenvalue weighted by molar-refractivity contribution is 5.95. The summed E-state index contributed by atoms with van der Waals surface area (Å²) in [7, 11) is 0. The van der Waals surface area contributed by atoms with Crippen LogP contribution in [-0.4, -0.2) is 34.7 Å². The minimum absolute atomic E-state index is 0.286. The number of aliphatic imine (C=N–C) groups is 1. The molecule has 0 radical (unpaired) electrons. The molecule has 4 rings (SSSR count). The Balaban J connectivity index is 1.75. The van der Waals surface area contributed by atoms with Crippen molar-refractivity contribution in [3.8, 4) is 5.75 Å². The minimum Gasteiger partial charge on any atom is -0.493 e. The molecule has 1 aliphatic rings. The molecule has 0 amide bonds. The van der Waals surface area contributed by atoms with E-state index in [1.54, 1.807) is 37.4 Å². The Labute approximate surface area is 188 Å². The molecule has 33 heavy (non-hydrogen) atoms. The molecule has 4 nitrogen and oxygen atoms in total. The fourth-order valence-electron chi connectivity index (χ4n) is 4.39. The van der Waals surface area contributed by atoms with Crippen molar-refractivity contribution in [2.75, 3.05) is 6.61 Å². The summed E-state index contributed by atoms with van der Waals surface area (Å²) < 4.78 is 62.2. The maximum Gasteiger partial charge on any atom is 0.422 e. The summed E-state index contributed by atoms with van der Waals surface area (Å²) in [6, 6.07) is 9.23. The van der Waals surface area contributed by atoms with Gasteiger partial charge in [0, 0.05) is 46.4 Å². The zero-order valence-corrected chi connectivity index (χ0v) is 18.5. The Morgan fingerprint density at radius 2 is 1.91 bits per heavy atom. The third kappa shape index (κ3) is 4.31. The number of aromatic nitrogens is 1. The highest BCUT2D eigenvalue weighted by Crippen LogP contribution is 2.45. The Bertz CT molecular complexity index is 1240. The Morgan fingerprint density at radius 3 is 2.64 bits per heavy atom. The molecule has 0 saturated carbocycles. The first-order chi connectivity index (χ1) is 15.4. The van der Waals surface area contributed by atoms with Crippen molar-refractivity contribution >= 4 is 22.7 Å². The molecule has 0 spiro atoms. The SMILES string of the molecule is Cc1nccc2c(/N=C/C(O)(CC(C)(C)c3cc(F)cc4c3OCC4)C(F)(F)F)cccc12. The molecule has 2 aromatic carbocycles. The van der Waals surface area contributed by atoms with Crippen LogP contribution in [0.4, 0.5) is 23.2 Å². The fraction of sp³-hybridized carbons (Fsp3) is 0.360. The van der Waals surface area contributed by atoms with E-state index in [0.29, 0.717) is 35.9 Å². The van der Waals surface area contributed by atoms with E-state index in [1.165, 1.54) is 26.0 Å². The summed E-state index contributed by atoms with van der Waals surface area (Å²) >= 11 is 0. The summed E-state index contributed by atoms with van der Waals surface area (Å²) in [4.78, 5) is 8.24. The van der Waals surface area contributed by atoms with Crippen molar-refractivity contribution in [1.82, 2.24) is 4.98 Å². The second kappa shape index (κ2) is 8.09. The molecule has 3 aromatic rings. The Kier molecular flexibility index (Phi) is 5.68. The number of hydrogen-bond acceptors (Lipinski definition) is 4. The molecule has 1 unspecified atom stereocenters. The standard InChI is InChI=1S/C25H24F4N2O2/c1-15-18-5-4-6-21(19(18)7-9-30-15)31-14-24(32,25(27,28)29)13-23(2,3)20-12-17(26)11-16-8-10-33-22(16)20/h4-7,9,11-12,14,32H,8,10,13H2,1-3H3/b31-14+. The molecule has 0 saturated heterocycles. The molecule has 174 valence electrons. The molecule has 1 aromatic heterocycles. The maximum absolute atomic E-state index is 14.2. The van der Waals surface area contributed by atoms with Gasteiger partial charge in [-0.15, -0.1) is 0 Å². The van der Waals surface area contributed by atoms with E-state index in [0.717, 1.165) is 11.1 Å². The number of nitrogens with zero attached hydrogens (tertiary/aromatic N) is 2. The van der Waals surface area contributed by atoms with Crippen LogP contribution in [-0.2, 0) is 11.8 Å². The second-order valence-corrected chi connectivity index (χ2v) is 9.05. The largest absolute Gasteiger partial charge is 0.493 e. The number of aliphatic hydroxyl groups is 1. The van der Waals surface area contributed by atoms with Crippen molar-refractivity contribution in [3.05, 3.63) is 65.2 Å². The number of pyridine rings is 1. The monoisotopic (exact) mass is 460 g/mol. The van der Waals surface area contributed by atoms with Gasteiger partial charge in [0.1, 0.15) is 11.6 Å². The zero-order chi connectivity index (χ0) is 24.0. The topological polar surface area (TPSA) is 54.7 Å². The van der Waals surface area contributed by atoms with Gasteiger partial charge in [-0.2, -0.15) is 13.2 Å². The van der Waals surface area contributed by atoms with E-state index in [2.05, 4.69) is 9.98 Å². The number of rotatable bonds is 5. The van der Waals surface area contributed by atoms with Crippen molar-refractivity contribution in [1.29, 1.82) is 0 Å². The number of alkyl halides is 3. The lowest BCUT2D eigenvalue weighted by molar-refractivity contribution is -0.234. The second-order valence-electron chi connectivity index (χ2n) is 9.05. The van der Waals surface area contributed by atoms with Crippen molar-refractivity contribution < 1.29 is 27.4 Å². The van der Waals surface area contributed by atoms with Gasteiger partial charge in [0.05, 0.1) is 12.3 Å². The van der Waals surface area contributed by atoms with Crippen LogP contribution in [0.5, 0.6) is 5.75 Å². The first-order valence-electron chi connectivity index (χ1n) is 10.6. The van der Waals surface area contributed by atoms with Gasteiger partial charge in [-0.25, -0.2) is 4.39 Å². The highest BCUT2D eigenvalue weighted by Gasteiger charge is 2.55. The predicted molar refractivity (Wildman–Crippen MR) is 119 cm³/mol. The van der Waals surface area contributed by atoms with Gasteiger partial charge in [-0.3, -0.25) is 9.98 Å². The van der Waals surface area contributed by atoms with Gasteiger partial charge < -0.3 is 9.84 Å². The Morgan fingerprint density at radius 1 is 1.15 bits per heavy atom. The van der Waals surface area contributed by atoms with E-state index in [1.807, 2.05) is 0 Å². The van der Waals surface area contributed by atoms with Crippen LogP contribution in [0.25, 0.3) is 10.8 Å². The number of hydrogen-bond donors (Lipinski definition) is 1. The lowest BCUT2D eigenvalue weighted by Crippen LogP contribution is -2.50. The number of fused-ring (bicyclic) bond motifs is 2. The van der Waals surface area contributed by atoms with E-state index < -0.39 is 29.4 Å². The summed E-state index contributed by atoms with van der Waals surface area (Å²) in [5.74, 6) is -0.161. The van der Waals surface area contributed by atoms with Crippen LogP contribution in [0.1, 0.15) is 37.1 Å². The van der Waals surface area contributed by atoms with Crippen LogP contribution in [0.3, 0.4) is 0 Å². The maximum atomic E-state index is 14.2. The lowest BCUT2D eigenvalue weighted by atomic mass is 9.74. The summed E-state index contributed by atoms with van der Waals surface area (Å²) in [6.07, 6.45) is -3.19. The molecule has 0 fully saturated rings. The van der Waals surface area contributed by atoms with Gasteiger partial charge in [-0.05, 0) is 43.0 Å². The minimum atomic E-state index is -5.01. The molecule has 2 heterocycles. The molecule has 0 bridgehead atoms. The van der Waals surface area contributed by atoms with Gasteiger partial charge in [0.25, 0.3) is 0 Å². The van der Waals surface area contributed by atoms with Crippen molar-refractivity contribution in [2.45, 2.75) is 50.8 Å². The fourth-order valence-corrected chi connectivity index (χ4v) is 4.39. The number of ether oxygens (including phenoxy) is 1. The van der Waals surface area contributed by atoms with Crippen LogP contribution in [0.2, 0.25) is 0 Å². The summed E-state index contributed by atoms with van der Waals surface area (Å²) in [5, 5.41) is 12.2. The molecule has 0 aliphatic carbocycles. The van der Waals surface area contributed by atoms with Crippen LogP contribution in [0, 0.1) is 12.7 Å². The Hall–Kier alpha value is -3.00. The molecular weight excluding hydrogens is 436 g/mol. The third-order valence-corrected chi connectivity index (χ3v) is 6.08. The summed E-state index contributed by atoms with van der Waals surface area (Å²) in [5.41, 5.74) is -2.62. The van der Waals surface area contributed by atoms with E-state index in [9.17, 15) is 22.7 Å². The number of benzene rings is 2. The first kappa shape index (κ1) is 23.2. The van der Waals surface area contributed by atoms with Crippen molar-refractivity contribution in [2.24, 2.45) is 4.99 Å². The normalized spacial score (nSPS) is 16.1. The van der Waals surface area contributed by atoms with Crippen LogP contribution >= 0.6 is 0 Å². The molecule has 1 aliphatic heterocycles. The van der Waals surface area contributed by atoms with Gasteiger partial charge in [0.2, 0.25) is 0 Å². The van der Waals surface area contributed by atoms with Crippen LogP contribution in [0.15, 0.2) is 47.6 Å². The highest BCUT2D eigenvalue weighted by atomic mass is 19.4. The van der Waals surface area contributed by atoms with Crippen LogP contribution < -0.4 is 4.74 Å². The van der Waals surface area contributed by atoms with E-state index in [-0.39, 0.29) is 11.3 Å². The average Bonchev–Trinajstić information content (AvgIpc) is 3.19. The van der Waals surface area contributed by atoms with Gasteiger partial charge in [-0.1, -0.05) is 26.0 Å². The van der Waals surface area contributed by atoms with Gasteiger partial charge in [0.15, 0.2) is 5.60 Å².